The van der Waals surface area contributed by atoms with E-state index in [2.05, 4.69) is 43.5 Å². The van der Waals surface area contributed by atoms with Crippen LogP contribution in [0.25, 0.3) is 6.08 Å². The van der Waals surface area contributed by atoms with E-state index in [1.165, 1.54) is 24.0 Å². The van der Waals surface area contributed by atoms with Crippen molar-refractivity contribution in [3.63, 3.8) is 0 Å². The van der Waals surface area contributed by atoms with Crippen LogP contribution in [0.5, 0.6) is 0 Å². The molecule has 0 atom stereocenters. The number of nitrogens with one attached hydrogen (secondary N) is 1. The van der Waals surface area contributed by atoms with Crippen molar-refractivity contribution in [3.05, 3.63) is 23.0 Å². The van der Waals surface area contributed by atoms with Gasteiger partial charge in [0.2, 0.25) is 0 Å². The number of aryl methyl sites for hydroxylation is 2. The van der Waals surface area contributed by atoms with Crippen LogP contribution < -0.4 is 5.32 Å². The molecule has 0 aliphatic heterocycles. The molecule has 1 aromatic heterocycles. The average Bonchev–Trinajstić information content (AvgIpc) is 3.00. The van der Waals surface area contributed by atoms with Crippen LogP contribution in [0.2, 0.25) is 0 Å². The molecule has 0 radical (unpaired) electrons. The monoisotopic (exact) mass is 233 g/mol. The molecular weight excluding hydrogens is 210 g/mol. The standard InChI is InChI=1S/C14H23N3/c1-10(2)12(8-15-14-5-6-14)7-13-9-17(4)16-11(13)3/h7,9-10,14-15H,5-6,8H2,1-4H3. The zero-order valence-electron chi connectivity index (χ0n) is 11.3. The van der Waals surface area contributed by atoms with Crippen molar-refractivity contribution in [1.29, 1.82) is 0 Å². The molecule has 0 unspecified atom stereocenters. The Kier molecular flexibility index (Phi) is 3.67. The molecule has 1 heterocycles. The van der Waals surface area contributed by atoms with Gasteiger partial charge in [-0.1, -0.05) is 25.5 Å². The third kappa shape index (κ3) is 3.43. The molecule has 1 aromatic rings. The topological polar surface area (TPSA) is 29.9 Å². The zero-order chi connectivity index (χ0) is 12.4. The van der Waals surface area contributed by atoms with Crippen molar-refractivity contribution < 1.29 is 0 Å². The minimum Gasteiger partial charge on any atom is -0.310 e. The Hall–Kier alpha value is -1.09. The molecule has 0 amide bonds. The Bertz CT molecular complexity index is 411. The highest BCUT2D eigenvalue weighted by molar-refractivity contribution is 5.55. The fourth-order valence-corrected chi connectivity index (χ4v) is 1.93. The van der Waals surface area contributed by atoms with Crippen molar-refractivity contribution in [2.75, 3.05) is 6.54 Å². The highest BCUT2D eigenvalue weighted by Gasteiger charge is 2.20. The molecule has 3 nitrogen and oxygen atoms in total. The second-order valence-corrected chi connectivity index (χ2v) is 5.37. The first-order valence-corrected chi connectivity index (χ1v) is 6.50. The smallest absolute Gasteiger partial charge is 0.0665 e. The molecule has 0 saturated heterocycles. The highest BCUT2D eigenvalue weighted by Crippen LogP contribution is 2.21. The summed E-state index contributed by atoms with van der Waals surface area (Å²) in [5.41, 5.74) is 3.82. The van der Waals surface area contributed by atoms with Crippen LogP contribution in [0.4, 0.5) is 0 Å². The lowest BCUT2D eigenvalue weighted by Crippen LogP contribution is -2.21. The third-order valence-corrected chi connectivity index (χ3v) is 3.31. The van der Waals surface area contributed by atoms with Gasteiger partial charge in [-0.05, 0) is 25.7 Å². The molecule has 3 heteroatoms. The van der Waals surface area contributed by atoms with Crippen molar-refractivity contribution >= 4 is 6.08 Å². The lowest BCUT2D eigenvalue weighted by Gasteiger charge is -2.12. The van der Waals surface area contributed by atoms with Crippen molar-refractivity contribution in [1.82, 2.24) is 15.1 Å². The molecular formula is C14H23N3. The summed E-state index contributed by atoms with van der Waals surface area (Å²) < 4.78 is 1.88. The van der Waals surface area contributed by atoms with Gasteiger partial charge in [0, 0.05) is 31.4 Å². The molecule has 2 rings (SSSR count). The van der Waals surface area contributed by atoms with Crippen LogP contribution >= 0.6 is 0 Å². The van der Waals surface area contributed by atoms with E-state index in [0.29, 0.717) is 5.92 Å². The molecule has 94 valence electrons. The minimum atomic E-state index is 0.584. The highest BCUT2D eigenvalue weighted by atomic mass is 15.2. The van der Waals surface area contributed by atoms with Crippen molar-refractivity contribution in [2.24, 2.45) is 13.0 Å². The number of aromatic nitrogens is 2. The summed E-state index contributed by atoms with van der Waals surface area (Å²) in [5.74, 6) is 0.584. The molecule has 0 spiro atoms. The van der Waals surface area contributed by atoms with Gasteiger partial charge in [-0.15, -0.1) is 0 Å². The van der Waals surface area contributed by atoms with Gasteiger partial charge in [-0.25, -0.2) is 0 Å². The molecule has 1 N–H and O–H groups in total. The molecule has 1 fully saturated rings. The van der Waals surface area contributed by atoms with E-state index in [1.807, 2.05) is 11.7 Å². The van der Waals surface area contributed by atoms with E-state index in [9.17, 15) is 0 Å². The lowest BCUT2D eigenvalue weighted by atomic mass is 10.0. The maximum Gasteiger partial charge on any atom is 0.0665 e. The maximum atomic E-state index is 4.38. The second-order valence-electron chi connectivity index (χ2n) is 5.37. The summed E-state index contributed by atoms with van der Waals surface area (Å²) >= 11 is 0. The largest absolute Gasteiger partial charge is 0.310 e. The zero-order valence-corrected chi connectivity index (χ0v) is 11.3. The summed E-state index contributed by atoms with van der Waals surface area (Å²) in [6.07, 6.45) is 7.08. The maximum absolute atomic E-state index is 4.38. The van der Waals surface area contributed by atoms with Crippen LogP contribution in [0.1, 0.15) is 37.9 Å². The van der Waals surface area contributed by atoms with Gasteiger partial charge in [0.15, 0.2) is 0 Å². The summed E-state index contributed by atoms with van der Waals surface area (Å²) in [4.78, 5) is 0. The van der Waals surface area contributed by atoms with Gasteiger partial charge < -0.3 is 5.32 Å². The first kappa shape index (κ1) is 12.4. The predicted octanol–water partition coefficient (Wildman–Crippen LogP) is 2.52. The first-order valence-electron chi connectivity index (χ1n) is 6.50. The number of hydrogen-bond acceptors (Lipinski definition) is 2. The van der Waals surface area contributed by atoms with E-state index in [-0.39, 0.29) is 0 Å². The Morgan fingerprint density at radius 3 is 2.76 bits per heavy atom. The Morgan fingerprint density at radius 2 is 2.29 bits per heavy atom. The van der Waals surface area contributed by atoms with Gasteiger partial charge in [0.25, 0.3) is 0 Å². The molecule has 17 heavy (non-hydrogen) atoms. The van der Waals surface area contributed by atoms with Crippen molar-refractivity contribution in [3.8, 4) is 0 Å². The van der Waals surface area contributed by atoms with Gasteiger partial charge in [-0.2, -0.15) is 5.10 Å². The molecule has 0 aromatic carbocycles. The number of rotatable bonds is 5. The van der Waals surface area contributed by atoms with Crippen LogP contribution in [0.3, 0.4) is 0 Å². The van der Waals surface area contributed by atoms with E-state index >= 15 is 0 Å². The molecule has 1 aliphatic rings. The Labute approximate surface area is 104 Å². The number of hydrogen-bond donors (Lipinski definition) is 1. The molecule has 0 bridgehead atoms. The van der Waals surface area contributed by atoms with E-state index in [0.717, 1.165) is 18.3 Å². The molecule has 1 saturated carbocycles. The Morgan fingerprint density at radius 1 is 1.59 bits per heavy atom. The summed E-state index contributed by atoms with van der Waals surface area (Å²) in [6.45, 7) is 7.59. The average molecular weight is 233 g/mol. The van der Waals surface area contributed by atoms with Gasteiger partial charge in [0.1, 0.15) is 0 Å². The van der Waals surface area contributed by atoms with Gasteiger partial charge >= 0.3 is 0 Å². The molecule has 1 aliphatic carbocycles. The Balaban J connectivity index is 2.10. The van der Waals surface area contributed by atoms with Gasteiger partial charge in [-0.3, -0.25) is 4.68 Å². The predicted molar refractivity (Wildman–Crippen MR) is 71.8 cm³/mol. The third-order valence-electron chi connectivity index (χ3n) is 3.31. The lowest BCUT2D eigenvalue weighted by molar-refractivity contribution is 0.662. The first-order chi connectivity index (χ1) is 8.06. The van der Waals surface area contributed by atoms with Crippen LogP contribution in [0.15, 0.2) is 11.8 Å². The fourth-order valence-electron chi connectivity index (χ4n) is 1.93. The second kappa shape index (κ2) is 5.05. The van der Waals surface area contributed by atoms with Crippen LogP contribution in [-0.4, -0.2) is 22.4 Å². The van der Waals surface area contributed by atoms with E-state index < -0.39 is 0 Å². The number of nitrogens with zero attached hydrogens (tertiary/aromatic N) is 2. The van der Waals surface area contributed by atoms with Crippen molar-refractivity contribution in [2.45, 2.75) is 39.7 Å². The summed E-state index contributed by atoms with van der Waals surface area (Å²) in [6, 6.07) is 0.771. The normalized spacial score (nSPS) is 16.9. The van der Waals surface area contributed by atoms with E-state index in [1.54, 1.807) is 0 Å². The van der Waals surface area contributed by atoms with Crippen LogP contribution in [0, 0.1) is 12.8 Å². The minimum absolute atomic E-state index is 0.584. The SMILES string of the molecule is Cc1nn(C)cc1C=C(CNC1CC1)C(C)C. The van der Waals surface area contributed by atoms with Crippen LogP contribution in [-0.2, 0) is 7.05 Å². The fraction of sp³-hybridized carbons (Fsp3) is 0.643. The van der Waals surface area contributed by atoms with E-state index in [4.69, 9.17) is 0 Å². The van der Waals surface area contributed by atoms with Gasteiger partial charge in [0.05, 0.1) is 5.69 Å². The summed E-state index contributed by atoms with van der Waals surface area (Å²) in [5, 5.41) is 7.97. The summed E-state index contributed by atoms with van der Waals surface area (Å²) in [7, 11) is 1.97. The quantitative estimate of drug-likeness (QED) is 0.847.